The molecule has 0 spiro atoms. The molecule has 1 aromatic heterocycles. The van der Waals surface area contributed by atoms with Gasteiger partial charge in [0.05, 0.1) is 21.5 Å². The second-order valence-corrected chi connectivity index (χ2v) is 6.23. The second-order valence-electron chi connectivity index (χ2n) is 5.16. The van der Waals surface area contributed by atoms with E-state index in [0.717, 1.165) is 48.9 Å². The summed E-state index contributed by atoms with van der Waals surface area (Å²) in [4.78, 5) is 32.4. The van der Waals surface area contributed by atoms with E-state index >= 15 is 0 Å². The van der Waals surface area contributed by atoms with E-state index in [1.165, 1.54) is 11.3 Å². The molecule has 1 aromatic carbocycles. The van der Waals surface area contributed by atoms with Gasteiger partial charge in [0.15, 0.2) is 0 Å². The smallest absolute Gasteiger partial charge is 0.277 e. The fourth-order valence-corrected chi connectivity index (χ4v) is 2.81. The summed E-state index contributed by atoms with van der Waals surface area (Å²) in [5.74, 6) is -0.719. The van der Waals surface area contributed by atoms with Crippen LogP contribution < -0.4 is 5.32 Å². The number of anilines is 1. The molecule has 1 N–H and O–H groups in total. The summed E-state index contributed by atoms with van der Waals surface area (Å²) in [7, 11) is 0. The van der Waals surface area contributed by atoms with Crippen LogP contribution in [0, 0.1) is 20.2 Å². The van der Waals surface area contributed by atoms with Crippen molar-refractivity contribution >= 4 is 33.8 Å². The largest absolute Gasteiger partial charge is 0.296 e. The minimum absolute atomic E-state index is 0.191. The van der Waals surface area contributed by atoms with Crippen molar-refractivity contribution in [1.82, 2.24) is 10.2 Å². The number of aryl methyl sites for hydroxylation is 1. The molecule has 25 heavy (non-hydrogen) atoms. The second kappa shape index (κ2) is 8.24. The number of hydrogen-bond donors (Lipinski definition) is 1. The maximum absolute atomic E-state index is 12.2. The van der Waals surface area contributed by atoms with Crippen LogP contribution in [0.3, 0.4) is 0 Å². The highest BCUT2D eigenvalue weighted by molar-refractivity contribution is 7.15. The summed E-state index contributed by atoms with van der Waals surface area (Å²) in [6.45, 7) is 2.09. The Morgan fingerprint density at radius 2 is 1.76 bits per heavy atom. The van der Waals surface area contributed by atoms with E-state index in [0.29, 0.717) is 0 Å². The molecule has 0 saturated carbocycles. The van der Waals surface area contributed by atoms with Gasteiger partial charge in [-0.1, -0.05) is 31.1 Å². The molecule has 0 bridgehead atoms. The number of nitro groups is 2. The Balaban J connectivity index is 2.15. The fraction of sp³-hybridized carbons (Fsp3) is 0.357. The maximum atomic E-state index is 12.2. The molecular weight excluding hydrogens is 350 g/mol. The van der Waals surface area contributed by atoms with Gasteiger partial charge < -0.3 is 0 Å². The third-order valence-electron chi connectivity index (χ3n) is 3.27. The van der Waals surface area contributed by atoms with E-state index in [9.17, 15) is 25.0 Å². The third-order valence-corrected chi connectivity index (χ3v) is 4.17. The van der Waals surface area contributed by atoms with Crippen LogP contribution in [-0.4, -0.2) is 26.0 Å². The summed E-state index contributed by atoms with van der Waals surface area (Å²) >= 11 is 1.21. The van der Waals surface area contributed by atoms with Crippen LogP contribution >= 0.6 is 11.3 Å². The van der Waals surface area contributed by atoms with E-state index < -0.39 is 27.1 Å². The molecule has 0 aliphatic rings. The quantitative estimate of drug-likeness (QED) is 0.429. The lowest BCUT2D eigenvalue weighted by molar-refractivity contribution is -0.394. The summed E-state index contributed by atoms with van der Waals surface area (Å²) in [6, 6.07) is 2.75. The lowest BCUT2D eigenvalue weighted by Gasteiger charge is -2.01. The predicted octanol–water partition coefficient (Wildman–Crippen LogP) is 3.34. The zero-order chi connectivity index (χ0) is 18.4. The number of rotatable bonds is 8. The molecule has 10 nitrogen and oxygen atoms in total. The van der Waals surface area contributed by atoms with Crippen molar-refractivity contribution in [2.24, 2.45) is 0 Å². The van der Waals surface area contributed by atoms with Gasteiger partial charge in [0.2, 0.25) is 5.13 Å². The van der Waals surface area contributed by atoms with Crippen molar-refractivity contribution in [2.75, 3.05) is 5.32 Å². The van der Waals surface area contributed by atoms with Crippen LogP contribution in [-0.2, 0) is 6.42 Å². The number of carbonyl (C=O) groups is 1. The predicted molar refractivity (Wildman–Crippen MR) is 90.8 cm³/mol. The molecule has 1 amide bonds. The zero-order valence-corrected chi connectivity index (χ0v) is 14.1. The Bertz CT molecular complexity index is 774. The molecule has 1 heterocycles. The topological polar surface area (TPSA) is 141 Å². The van der Waals surface area contributed by atoms with Crippen LogP contribution in [0.2, 0.25) is 0 Å². The molecule has 2 aromatic rings. The lowest BCUT2D eigenvalue weighted by atomic mass is 10.1. The Morgan fingerprint density at radius 3 is 2.32 bits per heavy atom. The van der Waals surface area contributed by atoms with Gasteiger partial charge in [0.25, 0.3) is 17.3 Å². The first kappa shape index (κ1) is 18.4. The Kier molecular flexibility index (Phi) is 6.06. The van der Waals surface area contributed by atoms with E-state index in [1.807, 2.05) is 0 Å². The fourth-order valence-electron chi connectivity index (χ4n) is 2.04. The Labute approximate surface area is 146 Å². The first-order valence-corrected chi connectivity index (χ1v) is 8.30. The van der Waals surface area contributed by atoms with Crippen molar-refractivity contribution in [2.45, 2.75) is 32.6 Å². The molecule has 132 valence electrons. The van der Waals surface area contributed by atoms with Crippen molar-refractivity contribution in [1.29, 1.82) is 0 Å². The summed E-state index contributed by atoms with van der Waals surface area (Å²) < 4.78 is 0. The average Bonchev–Trinajstić information content (AvgIpc) is 3.01. The molecular formula is C14H15N5O5S. The standard InChI is InChI=1S/C14H15N5O5S/c1-2-3-4-5-12-16-17-14(25-12)15-13(20)9-6-10(18(21)22)8-11(7-9)19(23)24/h6-8H,2-5H2,1H3,(H,15,17,20). The minimum atomic E-state index is -0.791. The van der Waals surface area contributed by atoms with E-state index in [-0.39, 0.29) is 10.7 Å². The highest BCUT2D eigenvalue weighted by Gasteiger charge is 2.20. The van der Waals surface area contributed by atoms with Crippen molar-refractivity contribution in [3.63, 3.8) is 0 Å². The molecule has 2 rings (SSSR count). The number of hydrogen-bond acceptors (Lipinski definition) is 8. The van der Waals surface area contributed by atoms with Crippen molar-refractivity contribution < 1.29 is 14.6 Å². The van der Waals surface area contributed by atoms with Crippen LogP contribution in [0.4, 0.5) is 16.5 Å². The van der Waals surface area contributed by atoms with Crippen LogP contribution in [0.1, 0.15) is 41.6 Å². The molecule has 0 aliphatic heterocycles. The number of non-ortho nitro benzene ring substituents is 2. The summed E-state index contributed by atoms with van der Waals surface area (Å²) in [6.07, 6.45) is 3.87. The van der Waals surface area contributed by atoms with Crippen molar-refractivity contribution in [3.05, 3.63) is 49.0 Å². The molecule has 0 radical (unpaired) electrons. The van der Waals surface area contributed by atoms with Gasteiger partial charge in [0.1, 0.15) is 5.01 Å². The maximum Gasteiger partial charge on any atom is 0.277 e. The number of carbonyl (C=O) groups excluding carboxylic acids is 1. The van der Waals surface area contributed by atoms with Crippen LogP contribution in [0.15, 0.2) is 18.2 Å². The monoisotopic (exact) mass is 365 g/mol. The Hall–Kier alpha value is -2.95. The van der Waals surface area contributed by atoms with Gasteiger partial charge in [0, 0.05) is 18.6 Å². The van der Waals surface area contributed by atoms with E-state index in [4.69, 9.17) is 0 Å². The highest BCUT2D eigenvalue weighted by atomic mass is 32.1. The SMILES string of the molecule is CCCCCc1nnc(NC(=O)c2cc([N+](=O)[O-])cc([N+](=O)[O-])c2)s1. The minimum Gasteiger partial charge on any atom is -0.296 e. The first-order valence-electron chi connectivity index (χ1n) is 7.48. The number of nitrogens with one attached hydrogen (secondary N) is 1. The summed E-state index contributed by atoms with van der Waals surface area (Å²) in [5, 5.41) is 33.0. The average molecular weight is 365 g/mol. The number of benzene rings is 1. The van der Waals surface area contributed by atoms with Crippen molar-refractivity contribution in [3.8, 4) is 0 Å². The van der Waals surface area contributed by atoms with E-state index in [1.54, 1.807) is 0 Å². The highest BCUT2D eigenvalue weighted by Crippen LogP contribution is 2.24. The lowest BCUT2D eigenvalue weighted by Crippen LogP contribution is -2.12. The van der Waals surface area contributed by atoms with Gasteiger partial charge >= 0.3 is 0 Å². The molecule has 0 unspecified atom stereocenters. The van der Waals surface area contributed by atoms with Crippen LogP contribution in [0.25, 0.3) is 0 Å². The molecule has 0 fully saturated rings. The van der Waals surface area contributed by atoms with Gasteiger partial charge in [-0.15, -0.1) is 10.2 Å². The number of unbranched alkanes of at least 4 members (excludes halogenated alkanes) is 2. The number of amides is 1. The molecule has 11 heteroatoms. The molecule has 0 saturated heterocycles. The number of aromatic nitrogens is 2. The third kappa shape index (κ3) is 5.01. The van der Waals surface area contributed by atoms with Gasteiger partial charge in [-0.2, -0.15) is 0 Å². The van der Waals surface area contributed by atoms with Crippen LogP contribution in [0.5, 0.6) is 0 Å². The number of nitrogens with zero attached hydrogens (tertiary/aromatic N) is 4. The van der Waals surface area contributed by atoms with Gasteiger partial charge in [-0.3, -0.25) is 30.3 Å². The first-order chi connectivity index (χ1) is 11.9. The molecule has 0 atom stereocenters. The van der Waals surface area contributed by atoms with Gasteiger partial charge in [-0.05, 0) is 6.42 Å². The molecule has 0 aliphatic carbocycles. The Morgan fingerprint density at radius 1 is 1.12 bits per heavy atom. The van der Waals surface area contributed by atoms with Gasteiger partial charge in [-0.25, -0.2) is 0 Å². The zero-order valence-electron chi connectivity index (χ0n) is 13.3. The van der Waals surface area contributed by atoms with E-state index in [2.05, 4.69) is 22.4 Å². The normalized spacial score (nSPS) is 10.4. The summed E-state index contributed by atoms with van der Waals surface area (Å²) in [5.41, 5.74) is -1.25. The number of nitro benzene ring substituents is 2.